The van der Waals surface area contributed by atoms with Gasteiger partial charge in [-0.3, -0.25) is 4.79 Å². The van der Waals surface area contributed by atoms with E-state index in [0.29, 0.717) is 11.3 Å². The van der Waals surface area contributed by atoms with E-state index in [0.717, 1.165) is 17.0 Å². The van der Waals surface area contributed by atoms with Gasteiger partial charge in [0.05, 0.1) is 13.3 Å². The number of anilines is 1. The van der Waals surface area contributed by atoms with Gasteiger partial charge < -0.3 is 14.2 Å². The molecule has 5 nitrogen and oxygen atoms in total. The van der Waals surface area contributed by atoms with Crippen LogP contribution in [0.2, 0.25) is 0 Å². The molecule has 0 fully saturated rings. The Labute approximate surface area is 134 Å². The summed E-state index contributed by atoms with van der Waals surface area (Å²) in [6, 6.07) is 16.7. The largest absolute Gasteiger partial charge is 0.497 e. The molecule has 5 heteroatoms. The number of para-hydroxylation sites is 1. The molecule has 3 rings (SSSR count). The maximum absolute atomic E-state index is 12.7. The Morgan fingerprint density at radius 2 is 1.78 bits per heavy atom. The van der Waals surface area contributed by atoms with E-state index in [-0.39, 0.29) is 5.91 Å². The van der Waals surface area contributed by atoms with Crippen LogP contribution >= 0.6 is 0 Å². The van der Waals surface area contributed by atoms with Crippen LogP contribution in [0.3, 0.4) is 0 Å². The molecule has 0 unspecified atom stereocenters. The minimum Gasteiger partial charge on any atom is -0.497 e. The van der Waals surface area contributed by atoms with Gasteiger partial charge in [0.1, 0.15) is 11.3 Å². The van der Waals surface area contributed by atoms with E-state index in [9.17, 15) is 4.79 Å². The molecular weight excluding hydrogens is 292 g/mol. The lowest BCUT2D eigenvalue weighted by Crippen LogP contribution is -2.26. The van der Waals surface area contributed by atoms with Crippen LogP contribution in [0.5, 0.6) is 5.75 Å². The van der Waals surface area contributed by atoms with E-state index >= 15 is 0 Å². The number of benzene rings is 2. The lowest BCUT2D eigenvalue weighted by molar-refractivity contribution is 0.0993. The standard InChI is InChI=1S/C18H16N2O3/c1-20(14-6-4-3-5-7-14)18(21)16-12-19-23-17(16)13-8-10-15(22-2)11-9-13/h3-12H,1-2H3. The Hall–Kier alpha value is -3.08. The minimum absolute atomic E-state index is 0.178. The first-order valence-corrected chi connectivity index (χ1v) is 7.13. The summed E-state index contributed by atoms with van der Waals surface area (Å²) in [5.41, 5.74) is 1.99. The molecule has 0 aliphatic rings. The molecule has 23 heavy (non-hydrogen) atoms. The topological polar surface area (TPSA) is 55.6 Å². The summed E-state index contributed by atoms with van der Waals surface area (Å²) < 4.78 is 10.4. The van der Waals surface area contributed by atoms with Crippen molar-refractivity contribution in [3.05, 3.63) is 66.4 Å². The quantitative estimate of drug-likeness (QED) is 0.738. The van der Waals surface area contributed by atoms with Crippen LogP contribution in [0.25, 0.3) is 11.3 Å². The molecule has 0 atom stereocenters. The first kappa shape index (κ1) is 14.8. The van der Waals surface area contributed by atoms with Crippen molar-refractivity contribution in [2.24, 2.45) is 0 Å². The maximum Gasteiger partial charge on any atom is 0.263 e. The highest BCUT2D eigenvalue weighted by molar-refractivity contribution is 6.08. The van der Waals surface area contributed by atoms with E-state index in [4.69, 9.17) is 9.26 Å². The molecule has 0 saturated carbocycles. The second kappa shape index (κ2) is 6.36. The minimum atomic E-state index is -0.178. The number of hydrogen-bond donors (Lipinski definition) is 0. The molecule has 116 valence electrons. The van der Waals surface area contributed by atoms with Crippen LogP contribution in [0.1, 0.15) is 10.4 Å². The van der Waals surface area contributed by atoms with E-state index in [2.05, 4.69) is 5.16 Å². The zero-order chi connectivity index (χ0) is 16.2. The summed E-state index contributed by atoms with van der Waals surface area (Å²) in [6.07, 6.45) is 1.45. The Kier molecular flexibility index (Phi) is 4.10. The zero-order valence-corrected chi connectivity index (χ0v) is 12.9. The molecule has 0 saturated heterocycles. The van der Waals surface area contributed by atoms with Crippen molar-refractivity contribution < 1.29 is 14.1 Å². The van der Waals surface area contributed by atoms with Crippen molar-refractivity contribution in [2.45, 2.75) is 0 Å². The first-order valence-electron chi connectivity index (χ1n) is 7.13. The number of methoxy groups -OCH3 is 1. The SMILES string of the molecule is COc1ccc(-c2oncc2C(=O)N(C)c2ccccc2)cc1. The van der Waals surface area contributed by atoms with Crippen molar-refractivity contribution in [3.63, 3.8) is 0 Å². The van der Waals surface area contributed by atoms with Gasteiger partial charge in [-0.25, -0.2) is 0 Å². The summed E-state index contributed by atoms with van der Waals surface area (Å²) >= 11 is 0. The first-order chi connectivity index (χ1) is 11.2. The lowest BCUT2D eigenvalue weighted by atomic mass is 10.1. The average Bonchev–Trinajstić information content (AvgIpc) is 3.11. The molecule has 0 N–H and O–H groups in total. The number of rotatable bonds is 4. The van der Waals surface area contributed by atoms with Crippen LogP contribution in [0, 0.1) is 0 Å². The van der Waals surface area contributed by atoms with Gasteiger partial charge in [0.2, 0.25) is 0 Å². The van der Waals surface area contributed by atoms with Crippen molar-refractivity contribution >= 4 is 11.6 Å². The maximum atomic E-state index is 12.7. The molecule has 3 aromatic rings. The molecule has 0 aliphatic carbocycles. The Bertz CT molecular complexity index is 795. The molecule has 0 aliphatic heterocycles. The summed E-state index contributed by atoms with van der Waals surface area (Å²) in [6.45, 7) is 0. The van der Waals surface area contributed by atoms with Gasteiger partial charge in [0.15, 0.2) is 5.76 Å². The summed E-state index contributed by atoms with van der Waals surface area (Å²) in [5.74, 6) is 1.01. The van der Waals surface area contributed by atoms with E-state index in [1.807, 2.05) is 54.6 Å². The van der Waals surface area contributed by atoms with E-state index in [1.54, 1.807) is 19.1 Å². The Balaban J connectivity index is 1.92. The second-order valence-electron chi connectivity index (χ2n) is 5.00. The van der Waals surface area contributed by atoms with Gasteiger partial charge >= 0.3 is 0 Å². The Morgan fingerprint density at radius 1 is 1.09 bits per heavy atom. The molecule has 2 aromatic carbocycles. The van der Waals surface area contributed by atoms with Gasteiger partial charge in [-0.15, -0.1) is 0 Å². The van der Waals surface area contributed by atoms with E-state index in [1.165, 1.54) is 6.20 Å². The third-order valence-electron chi connectivity index (χ3n) is 3.60. The lowest BCUT2D eigenvalue weighted by Gasteiger charge is -2.16. The third kappa shape index (κ3) is 2.94. The predicted molar refractivity (Wildman–Crippen MR) is 87.7 cm³/mol. The number of hydrogen-bond acceptors (Lipinski definition) is 4. The fraction of sp³-hybridized carbons (Fsp3) is 0.111. The average molecular weight is 308 g/mol. The van der Waals surface area contributed by atoms with Gasteiger partial charge in [-0.05, 0) is 36.4 Å². The van der Waals surface area contributed by atoms with Crippen LogP contribution in [-0.2, 0) is 0 Å². The summed E-state index contributed by atoms with van der Waals surface area (Å²) in [7, 11) is 3.33. The van der Waals surface area contributed by atoms with Gasteiger partial charge in [0.25, 0.3) is 5.91 Å². The van der Waals surface area contributed by atoms with Crippen LogP contribution in [0.4, 0.5) is 5.69 Å². The second-order valence-corrected chi connectivity index (χ2v) is 5.00. The zero-order valence-electron chi connectivity index (χ0n) is 12.9. The highest BCUT2D eigenvalue weighted by Crippen LogP contribution is 2.27. The van der Waals surface area contributed by atoms with Gasteiger partial charge in [-0.1, -0.05) is 23.4 Å². The number of carbonyl (C=O) groups is 1. The number of amides is 1. The van der Waals surface area contributed by atoms with E-state index < -0.39 is 0 Å². The van der Waals surface area contributed by atoms with Crippen molar-refractivity contribution in [1.82, 2.24) is 5.16 Å². The van der Waals surface area contributed by atoms with Crippen LogP contribution in [-0.4, -0.2) is 25.2 Å². The van der Waals surface area contributed by atoms with Gasteiger partial charge in [0, 0.05) is 18.3 Å². The Morgan fingerprint density at radius 3 is 2.43 bits per heavy atom. The third-order valence-corrected chi connectivity index (χ3v) is 3.60. The predicted octanol–water partition coefficient (Wildman–Crippen LogP) is 3.63. The summed E-state index contributed by atoms with van der Waals surface area (Å²) in [4.78, 5) is 14.3. The van der Waals surface area contributed by atoms with Crippen molar-refractivity contribution in [2.75, 3.05) is 19.1 Å². The molecule has 1 heterocycles. The smallest absolute Gasteiger partial charge is 0.263 e. The summed E-state index contributed by atoms with van der Waals surface area (Å²) in [5, 5.41) is 3.78. The number of aromatic nitrogens is 1. The normalized spacial score (nSPS) is 10.3. The molecule has 0 spiro atoms. The van der Waals surface area contributed by atoms with Crippen molar-refractivity contribution in [1.29, 1.82) is 0 Å². The van der Waals surface area contributed by atoms with Crippen LogP contribution < -0.4 is 9.64 Å². The van der Waals surface area contributed by atoms with Crippen LogP contribution in [0.15, 0.2) is 65.3 Å². The number of ether oxygens (including phenoxy) is 1. The molecular formula is C18H16N2O3. The monoisotopic (exact) mass is 308 g/mol. The van der Waals surface area contributed by atoms with Crippen molar-refractivity contribution in [3.8, 4) is 17.1 Å². The molecule has 1 aromatic heterocycles. The highest BCUT2D eigenvalue weighted by atomic mass is 16.5. The highest BCUT2D eigenvalue weighted by Gasteiger charge is 2.21. The molecule has 1 amide bonds. The fourth-order valence-corrected chi connectivity index (χ4v) is 2.29. The number of carbonyl (C=O) groups excluding carboxylic acids is 1. The fourth-order valence-electron chi connectivity index (χ4n) is 2.29. The molecule has 0 radical (unpaired) electrons. The number of nitrogens with zero attached hydrogens (tertiary/aromatic N) is 2. The van der Waals surface area contributed by atoms with Gasteiger partial charge in [-0.2, -0.15) is 0 Å². The molecule has 0 bridgehead atoms.